The Labute approximate surface area is 97.3 Å². The van der Waals surface area contributed by atoms with Crippen molar-refractivity contribution < 1.29 is 8.78 Å². The van der Waals surface area contributed by atoms with Crippen LogP contribution in [0.15, 0.2) is 24.8 Å². The van der Waals surface area contributed by atoms with Crippen molar-refractivity contribution in [1.29, 1.82) is 0 Å². The van der Waals surface area contributed by atoms with Crippen LogP contribution >= 0.6 is 0 Å². The van der Waals surface area contributed by atoms with Gasteiger partial charge < -0.3 is 5.32 Å². The molecular weight excluding hydrogens is 226 g/mol. The van der Waals surface area contributed by atoms with E-state index >= 15 is 0 Å². The zero-order valence-electron chi connectivity index (χ0n) is 9.32. The molecule has 90 valence electrons. The molecule has 1 N–H and O–H groups in total. The van der Waals surface area contributed by atoms with E-state index in [0.717, 1.165) is 12.5 Å². The lowest BCUT2D eigenvalue weighted by molar-refractivity contribution is 0.568. The fourth-order valence-electron chi connectivity index (χ4n) is 1.39. The quantitative estimate of drug-likeness (QED) is 0.889. The molecule has 0 amide bonds. The molecule has 0 radical (unpaired) electrons. The van der Waals surface area contributed by atoms with E-state index in [2.05, 4.69) is 15.3 Å². The fourth-order valence-corrected chi connectivity index (χ4v) is 1.39. The van der Waals surface area contributed by atoms with Gasteiger partial charge in [-0.1, -0.05) is 6.92 Å². The molecule has 0 unspecified atom stereocenters. The number of rotatable bonds is 4. The maximum absolute atomic E-state index is 13.5. The Morgan fingerprint density at radius 2 is 2.18 bits per heavy atom. The van der Waals surface area contributed by atoms with E-state index in [4.69, 9.17) is 0 Å². The van der Waals surface area contributed by atoms with Crippen LogP contribution in [-0.2, 0) is 0 Å². The summed E-state index contributed by atoms with van der Waals surface area (Å²) in [7, 11) is 0. The third-order valence-electron chi connectivity index (χ3n) is 2.20. The Kier molecular flexibility index (Phi) is 3.32. The Bertz CT molecular complexity index is 496. The van der Waals surface area contributed by atoms with Gasteiger partial charge in [0.05, 0.1) is 0 Å². The normalized spacial score (nSPS) is 10.5. The predicted octanol–water partition coefficient (Wildman–Crippen LogP) is 2.37. The molecule has 2 aromatic rings. The fraction of sp³-hybridized carbons (Fsp3) is 0.273. The molecule has 0 fully saturated rings. The second-order valence-electron chi connectivity index (χ2n) is 3.52. The standard InChI is InChI=1S/C11H12F2N4/c1-2-3-15-10-8(12)6-9(13)11(16-10)17-5-4-14-7-17/h4-7H,2-3H2,1H3,(H,15,16). The minimum atomic E-state index is -0.720. The predicted molar refractivity (Wildman–Crippen MR) is 60.1 cm³/mol. The van der Waals surface area contributed by atoms with Crippen LogP contribution in [0.25, 0.3) is 5.82 Å². The van der Waals surface area contributed by atoms with Crippen molar-refractivity contribution in [3.05, 3.63) is 36.4 Å². The van der Waals surface area contributed by atoms with Gasteiger partial charge in [0.25, 0.3) is 0 Å². The molecule has 0 atom stereocenters. The first-order chi connectivity index (χ1) is 8.22. The van der Waals surface area contributed by atoms with Crippen molar-refractivity contribution in [3.63, 3.8) is 0 Å². The van der Waals surface area contributed by atoms with Crippen LogP contribution in [0.4, 0.5) is 14.6 Å². The summed E-state index contributed by atoms with van der Waals surface area (Å²) >= 11 is 0. The molecule has 0 aliphatic carbocycles. The van der Waals surface area contributed by atoms with Crippen molar-refractivity contribution in [2.45, 2.75) is 13.3 Å². The molecule has 0 saturated carbocycles. The van der Waals surface area contributed by atoms with Crippen LogP contribution in [0.5, 0.6) is 0 Å². The SMILES string of the molecule is CCCNc1nc(-n2ccnc2)c(F)cc1F. The summed E-state index contributed by atoms with van der Waals surface area (Å²) in [4.78, 5) is 7.71. The topological polar surface area (TPSA) is 42.7 Å². The molecule has 0 bridgehead atoms. The lowest BCUT2D eigenvalue weighted by Gasteiger charge is -2.09. The highest BCUT2D eigenvalue weighted by Gasteiger charge is 2.12. The maximum atomic E-state index is 13.5. The summed E-state index contributed by atoms with van der Waals surface area (Å²) in [5.74, 6) is -1.33. The first kappa shape index (κ1) is 11.5. The summed E-state index contributed by atoms with van der Waals surface area (Å²) in [5.41, 5.74) is 0. The number of pyridine rings is 1. The third-order valence-corrected chi connectivity index (χ3v) is 2.20. The number of hydrogen-bond acceptors (Lipinski definition) is 3. The first-order valence-corrected chi connectivity index (χ1v) is 5.30. The van der Waals surface area contributed by atoms with E-state index in [1.807, 2.05) is 6.92 Å². The van der Waals surface area contributed by atoms with Gasteiger partial charge in [0, 0.05) is 25.0 Å². The molecule has 0 saturated heterocycles. The minimum absolute atomic E-state index is 0.0301. The van der Waals surface area contributed by atoms with Crippen LogP contribution in [0, 0.1) is 11.6 Å². The largest absolute Gasteiger partial charge is 0.368 e. The summed E-state index contributed by atoms with van der Waals surface area (Å²) in [6.07, 6.45) is 5.29. The summed E-state index contributed by atoms with van der Waals surface area (Å²) in [5, 5.41) is 2.81. The van der Waals surface area contributed by atoms with E-state index in [1.165, 1.54) is 17.1 Å². The van der Waals surface area contributed by atoms with E-state index in [-0.39, 0.29) is 11.6 Å². The Hall–Kier alpha value is -1.98. The molecule has 2 heterocycles. The van der Waals surface area contributed by atoms with Crippen molar-refractivity contribution in [2.75, 3.05) is 11.9 Å². The van der Waals surface area contributed by atoms with Gasteiger partial charge in [0.15, 0.2) is 23.3 Å². The monoisotopic (exact) mass is 238 g/mol. The molecule has 17 heavy (non-hydrogen) atoms. The number of halogens is 2. The molecule has 0 spiro atoms. The molecule has 2 rings (SSSR count). The van der Waals surface area contributed by atoms with Crippen molar-refractivity contribution >= 4 is 5.82 Å². The zero-order chi connectivity index (χ0) is 12.3. The third kappa shape index (κ3) is 2.41. The van der Waals surface area contributed by atoms with Gasteiger partial charge in [-0.05, 0) is 6.42 Å². The Morgan fingerprint density at radius 3 is 2.82 bits per heavy atom. The highest BCUT2D eigenvalue weighted by Crippen LogP contribution is 2.18. The summed E-state index contributed by atoms with van der Waals surface area (Å²) in [6.45, 7) is 2.53. The van der Waals surface area contributed by atoms with E-state index < -0.39 is 11.6 Å². The van der Waals surface area contributed by atoms with Gasteiger partial charge in [-0.2, -0.15) is 0 Å². The van der Waals surface area contributed by atoms with Crippen LogP contribution in [0.2, 0.25) is 0 Å². The molecule has 0 aromatic carbocycles. The van der Waals surface area contributed by atoms with Gasteiger partial charge in [-0.3, -0.25) is 4.57 Å². The Balaban J connectivity index is 2.39. The van der Waals surface area contributed by atoms with Gasteiger partial charge >= 0.3 is 0 Å². The first-order valence-electron chi connectivity index (χ1n) is 5.30. The average Bonchev–Trinajstić information content (AvgIpc) is 2.81. The van der Waals surface area contributed by atoms with Gasteiger partial charge in [-0.25, -0.2) is 18.7 Å². The van der Waals surface area contributed by atoms with Gasteiger partial charge in [0.1, 0.15) is 6.33 Å². The molecule has 0 aliphatic heterocycles. The molecule has 6 heteroatoms. The average molecular weight is 238 g/mol. The molecule has 0 aliphatic rings. The summed E-state index contributed by atoms with van der Waals surface area (Å²) in [6, 6.07) is 0.820. The molecule has 4 nitrogen and oxygen atoms in total. The molecular formula is C11H12F2N4. The van der Waals surface area contributed by atoms with Crippen LogP contribution in [-0.4, -0.2) is 21.1 Å². The molecule has 2 aromatic heterocycles. The van der Waals surface area contributed by atoms with E-state index in [0.29, 0.717) is 6.54 Å². The lowest BCUT2D eigenvalue weighted by atomic mass is 10.3. The van der Waals surface area contributed by atoms with Crippen LogP contribution in [0.1, 0.15) is 13.3 Å². The summed E-state index contributed by atoms with van der Waals surface area (Å²) < 4.78 is 28.3. The second kappa shape index (κ2) is 4.90. The van der Waals surface area contributed by atoms with Gasteiger partial charge in [0.2, 0.25) is 0 Å². The van der Waals surface area contributed by atoms with Crippen molar-refractivity contribution in [3.8, 4) is 5.82 Å². The number of aromatic nitrogens is 3. The van der Waals surface area contributed by atoms with E-state index in [9.17, 15) is 8.78 Å². The number of anilines is 1. The maximum Gasteiger partial charge on any atom is 0.176 e. The minimum Gasteiger partial charge on any atom is -0.368 e. The second-order valence-corrected chi connectivity index (χ2v) is 3.52. The van der Waals surface area contributed by atoms with E-state index in [1.54, 1.807) is 6.20 Å². The van der Waals surface area contributed by atoms with Crippen LogP contribution < -0.4 is 5.32 Å². The van der Waals surface area contributed by atoms with Gasteiger partial charge in [-0.15, -0.1) is 0 Å². The van der Waals surface area contributed by atoms with Crippen molar-refractivity contribution in [2.24, 2.45) is 0 Å². The highest BCUT2D eigenvalue weighted by atomic mass is 19.1. The lowest BCUT2D eigenvalue weighted by Crippen LogP contribution is -2.08. The smallest absolute Gasteiger partial charge is 0.176 e. The highest BCUT2D eigenvalue weighted by molar-refractivity contribution is 5.42. The Morgan fingerprint density at radius 1 is 1.35 bits per heavy atom. The van der Waals surface area contributed by atoms with Crippen molar-refractivity contribution in [1.82, 2.24) is 14.5 Å². The number of nitrogens with zero attached hydrogens (tertiary/aromatic N) is 3. The zero-order valence-corrected chi connectivity index (χ0v) is 9.32. The number of nitrogens with one attached hydrogen (secondary N) is 1. The number of hydrogen-bond donors (Lipinski definition) is 1. The number of imidazole rings is 1. The van der Waals surface area contributed by atoms with Crippen LogP contribution in [0.3, 0.4) is 0 Å².